The lowest BCUT2D eigenvalue weighted by Crippen LogP contribution is -2.22. The van der Waals surface area contributed by atoms with Crippen molar-refractivity contribution in [3.8, 4) is 0 Å². The fourth-order valence-corrected chi connectivity index (χ4v) is 0.646. The molecule has 0 spiro atoms. The first-order valence-corrected chi connectivity index (χ1v) is 3.40. The van der Waals surface area contributed by atoms with E-state index < -0.39 is 22.0 Å². The van der Waals surface area contributed by atoms with Crippen LogP contribution in [0, 0.1) is 0 Å². The Kier molecular flexibility index (Phi) is 2.07. The Labute approximate surface area is 49.7 Å². The molecule has 0 aromatic heterocycles. The largest absolute Gasteiger partial charge is 0.404 e. The molecule has 0 aliphatic carbocycles. The summed E-state index contributed by atoms with van der Waals surface area (Å²) in [6.45, 7) is 0. The van der Waals surface area contributed by atoms with Gasteiger partial charge in [0.2, 0.25) is 10.0 Å². The Morgan fingerprint density at radius 1 is 1.33 bits per heavy atom. The molecule has 0 saturated heterocycles. The second-order valence-electron chi connectivity index (χ2n) is 1.37. The van der Waals surface area contributed by atoms with E-state index in [1.54, 1.807) is 0 Å². The highest BCUT2D eigenvalue weighted by atomic mass is 32.2. The molecule has 0 amide bonds. The third kappa shape index (κ3) is 7.70. The predicted molar refractivity (Wildman–Crippen MR) is 22.9 cm³/mol. The van der Waals surface area contributed by atoms with Gasteiger partial charge in [0, 0.05) is 0 Å². The van der Waals surface area contributed by atoms with E-state index in [0.29, 0.717) is 0 Å². The van der Waals surface area contributed by atoms with Gasteiger partial charge in [0.25, 0.3) is 0 Å². The third-order valence-corrected chi connectivity index (χ3v) is 1.06. The first-order chi connectivity index (χ1) is 3.71. The minimum absolute atomic E-state index is 2.07. The Bertz CT molecular complexity index is 180. The van der Waals surface area contributed by atoms with Crippen molar-refractivity contribution in [3.05, 3.63) is 0 Å². The lowest BCUT2D eigenvalue weighted by atomic mass is 10.8. The summed E-state index contributed by atoms with van der Waals surface area (Å²) in [4.78, 5) is 0. The molecule has 0 aromatic rings. The highest BCUT2D eigenvalue weighted by Gasteiger charge is 2.33. The highest BCUT2D eigenvalue weighted by molar-refractivity contribution is 7.88. The van der Waals surface area contributed by atoms with Gasteiger partial charge in [-0.05, 0) is 0 Å². The van der Waals surface area contributed by atoms with E-state index in [4.69, 9.17) is 5.14 Å². The molecule has 0 heterocycles. The van der Waals surface area contributed by atoms with Gasteiger partial charge in [-0.15, -0.1) is 5.14 Å². The van der Waals surface area contributed by atoms with Crippen LogP contribution in [0.3, 0.4) is 0 Å². The molecule has 0 aromatic carbocycles. The quantitative estimate of drug-likeness (QED) is 0.551. The van der Waals surface area contributed by atoms with Gasteiger partial charge in [-0.3, -0.25) is 0 Å². The summed E-state index contributed by atoms with van der Waals surface area (Å²) < 4.78 is 52.3. The summed E-state index contributed by atoms with van der Waals surface area (Å²) in [5.74, 6) is -2.07. The maximum Gasteiger partial charge on any atom is 0.404 e. The van der Waals surface area contributed by atoms with E-state index in [2.05, 4.69) is 0 Å². The average Bonchev–Trinajstić information content (AvgIpc) is 1.14. The number of alkyl halides is 3. The van der Waals surface area contributed by atoms with Crippen molar-refractivity contribution >= 4 is 10.0 Å². The molecular formula is C2H3F3NO2S. The molecule has 0 fully saturated rings. The summed E-state index contributed by atoms with van der Waals surface area (Å²) in [7, 11) is -4.66. The van der Waals surface area contributed by atoms with Crippen molar-refractivity contribution in [3.63, 3.8) is 0 Å². The number of nitrogens with one attached hydrogen (secondary N) is 1. The van der Waals surface area contributed by atoms with Crippen molar-refractivity contribution in [1.82, 2.24) is 5.14 Å². The zero-order valence-electron chi connectivity index (χ0n) is 4.07. The summed E-state index contributed by atoms with van der Waals surface area (Å²) in [5.41, 5.74) is 0. The molecule has 0 bridgehead atoms. The van der Waals surface area contributed by atoms with Gasteiger partial charge >= 0.3 is 6.18 Å². The third-order valence-electron chi connectivity index (χ3n) is 0.354. The minimum atomic E-state index is -4.79. The zero-order valence-corrected chi connectivity index (χ0v) is 4.88. The number of rotatable bonds is 1. The monoisotopic (exact) mass is 162 g/mol. The molecule has 0 rings (SSSR count). The maximum absolute atomic E-state index is 11.1. The molecule has 0 saturated carbocycles. The molecule has 7 heteroatoms. The molecule has 9 heavy (non-hydrogen) atoms. The van der Waals surface area contributed by atoms with Crippen LogP contribution in [0.25, 0.3) is 0 Å². The highest BCUT2D eigenvalue weighted by Crippen LogP contribution is 2.15. The van der Waals surface area contributed by atoms with Gasteiger partial charge in [-0.2, -0.15) is 13.2 Å². The van der Waals surface area contributed by atoms with E-state index in [9.17, 15) is 21.6 Å². The van der Waals surface area contributed by atoms with Crippen LogP contribution in [0.5, 0.6) is 0 Å². The van der Waals surface area contributed by atoms with Gasteiger partial charge in [0.15, 0.2) is 5.75 Å². The molecule has 0 aliphatic rings. The molecule has 0 atom stereocenters. The van der Waals surface area contributed by atoms with Crippen LogP contribution in [0.15, 0.2) is 0 Å². The topological polar surface area (TPSA) is 57.9 Å². The van der Waals surface area contributed by atoms with E-state index in [0.717, 1.165) is 0 Å². The first kappa shape index (κ1) is 8.70. The average molecular weight is 162 g/mol. The summed E-state index contributed by atoms with van der Waals surface area (Å²) >= 11 is 0. The Balaban J connectivity index is 4.07. The number of halogens is 3. The molecule has 0 aliphatic heterocycles. The SMILES string of the molecule is [NH]S(=O)(=O)CC(F)(F)F. The van der Waals surface area contributed by atoms with Gasteiger partial charge in [-0.25, -0.2) is 8.42 Å². The Morgan fingerprint density at radius 2 is 1.67 bits per heavy atom. The standard InChI is InChI=1S/C2H3F3NO2S/c3-2(4,5)1-9(6,7)8/h6H,1H2. The van der Waals surface area contributed by atoms with Crippen molar-refractivity contribution in [2.75, 3.05) is 5.75 Å². The van der Waals surface area contributed by atoms with Crippen molar-refractivity contribution in [2.24, 2.45) is 0 Å². The molecule has 1 radical (unpaired) electrons. The van der Waals surface area contributed by atoms with Crippen LogP contribution in [-0.4, -0.2) is 20.3 Å². The van der Waals surface area contributed by atoms with Gasteiger partial charge in [0.1, 0.15) is 0 Å². The lowest BCUT2D eigenvalue weighted by Gasteiger charge is -2.00. The molecule has 0 unspecified atom stereocenters. The molecule has 55 valence electrons. The van der Waals surface area contributed by atoms with E-state index in [-0.39, 0.29) is 0 Å². The van der Waals surface area contributed by atoms with E-state index in [1.165, 1.54) is 0 Å². The molecule has 1 N–H and O–H groups in total. The smallest absolute Gasteiger partial charge is 0.211 e. The first-order valence-electron chi connectivity index (χ1n) is 1.75. The number of hydrogen-bond donors (Lipinski definition) is 0. The van der Waals surface area contributed by atoms with Crippen LogP contribution in [0.1, 0.15) is 0 Å². The van der Waals surface area contributed by atoms with Gasteiger partial charge in [0.05, 0.1) is 0 Å². The second kappa shape index (κ2) is 2.14. The van der Waals surface area contributed by atoms with Crippen molar-refractivity contribution in [1.29, 1.82) is 0 Å². The van der Waals surface area contributed by atoms with E-state index >= 15 is 0 Å². The zero-order chi connectivity index (χ0) is 7.71. The fraction of sp³-hybridized carbons (Fsp3) is 1.00. The van der Waals surface area contributed by atoms with Gasteiger partial charge < -0.3 is 0 Å². The Morgan fingerprint density at radius 3 is 1.67 bits per heavy atom. The normalized spacial score (nSPS) is 13.8. The van der Waals surface area contributed by atoms with E-state index in [1.807, 2.05) is 0 Å². The lowest BCUT2D eigenvalue weighted by molar-refractivity contribution is -0.106. The van der Waals surface area contributed by atoms with Crippen molar-refractivity contribution in [2.45, 2.75) is 6.18 Å². The fourth-order valence-electron chi connectivity index (χ4n) is 0.215. The molecular weight excluding hydrogens is 159 g/mol. The molecule has 3 nitrogen and oxygen atoms in total. The van der Waals surface area contributed by atoms with Crippen LogP contribution in [-0.2, 0) is 10.0 Å². The van der Waals surface area contributed by atoms with Crippen LogP contribution < -0.4 is 5.14 Å². The van der Waals surface area contributed by atoms with Crippen molar-refractivity contribution < 1.29 is 21.6 Å². The van der Waals surface area contributed by atoms with Crippen LogP contribution in [0.2, 0.25) is 0 Å². The number of hydrogen-bond acceptors (Lipinski definition) is 2. The van der Waals surface area contributed by atoms with Crippen LogP contribution >= 0.6 is 0 Å². The Hall–Kier alpha value is -0.300. The summed E-state index contributed by atoms with van der Waals surface area (Å²) in [6.07, 6.45) is -4.79. The maximum atomic E-state index is 11.1. The summed E-state index contributed by atoms with van der Waals surface area (Å²) in [5, 5.41) is 5.84. The van der Waals surface area contributed by atoms with Crippen LogP contribution in [0.4, 0.5) is 13.2 Å². The predicted octanol–water partition coefficient (Wildman–Crippen LogP) is 0.161. The summed E-state index contributed by atoms with van der Waals surface area (Å²) in [6, 6.07) is 0. The number of sulfonamides is 1. The minimum Gasteiger partial charge on any atom is -0.211 e. The second-order valence-corrected chi connectivity index (χ2v) is 2.89. The van der Waals surface area contributed by atoms with Gasteiger partial charge in [-0.1, -0.05) is 0 Å².